The van der Waals surface area contributed by atoms with E-state index < -0.39 is 0 Å². The maximum Gasteiger partial charge on any atom is 0.123 e. The van der Waals surface area contributed by atoms with E-state index in [4.69, 9.17) is 5.73 Å². The van der Waals surface area contributed by atoms with Crippen molar-refractivity contribution >= 4 is 22.4 Å². The van der Waals surface area contributed by atoms with Crippen LogP contribution in [0.5, 0.6) is 0 Å². The Labute approximate surface area is 174 Å². The van der Waals surface area contributed by atoms with Crippen LogP contribution in [0.2, 0.25) is 0 Å². The van der Waals surface area contributed by atoms with Gasteiger partial charge in [-0.05, 0) is 52.1 Å². The zero-order valence-electron chi connectivity index (χ0n) is 15.8. The van der Waals surface area contributed by atoms with Crippen molar-refractivity contribution < 1.29 is 4.39 Å². The van der Waals surface area contributed by atoms with E-state index >= 15 is 0 Å². The Kier molecular flexibility index (Phi) is 5.50. The molecule has 0 fully saturated rings. The van der Waals surface area contributed by atoms with Crippen LogP contribution in [-0.4, -0.2) is 0 Å². The zero-order valence-corrected chi connectivity index (χ0v) is 16.6. The Hall–Kier alpha value is -3.30. The Bertz CT molecular complexity index is 1130. The van der Waals surface area contributed by atoms with E-state index in [0.717, 1.165) is 43.3 Å². The average Bonchev–Trinajstić information content (AvgIpc) is 2.76. The molecule has 0 aliphatic rings. The van der Waals surface area contributed by atoms with Crippen LogP contribution in [0.1, 0.15) is 5.56 Å². The smallest absolute Gasteiger partial charge is 0.123 e. The molecule has 0 unspecified atom stereocenters. The predicted octanol–water partition coefficient (Wildman–Crippen LogP) is 7.50. The summed E-state index contributed by atoms with van der Waals surface area (Å²) in [5, 5.41) is 0. The molecule has 4 rings (SSSR count). The van der Waals surface area contributed by atoms with E-state index in [-0.39, 0.29) is 5.82 Å². The minimum absolute atomic E-state index is 0.222. The Balaban J connectivity index is 1.49. The highest BCUT2D eigenvalue weighted by Gasteiger charge is 2.06. The van der Waals surface area contributed by atoms with Gasteiger partial charge in [0.1, 0.15) is 5.82 Å². The summed E-state index contributed by atoms with van der Waals surface area (Å²) in [7, 11) is 0. The van der Waals surface area contributed by atoms with Gasteiger partial charge in [0.05, 0.1) is 0 Å². The number of anilines is 1. The first-order valence-electron chi connectivity index (χ1n) is 9.28. The third kappa shape index (κ3) is 4.41. The molecule has 2 N–H and O–H groups in total. The molecule has 0 spiro atoms. The standard InChI is InChI=1S/C26H20FNS/c1-18(29-26-5-3-2-4-25(26)28)19-6-8-20(9-7-19)21-10-12-22(13-11-21)23-14-16-24(27)17-15-23/h2-17H,1,28H2. The van der Waals surface area contributed by atoms with Gasteiger partial charge in [-0.3, -0.25) is 0 Å². The molecule has 0 radical (unpaired) electrons. The van der Waals surface area contributed by atoms with Crippen LogP contribution in [0.25, 0.3) is 27.2 Å². The third-order valence-electron chi connectivity index (χ3n) is 4.75. The molecule has 3 heteroatoms. The minimum Gasteiger partial charge on any atom is -0.398 e. The summed E-state index contributed by atoms with van der Waals surface area (Å²) in [5.74, 6) is -0.222. The summed E-state index contributed by atoms with van der Waals surface area (Å²) in [6.07, 6.45) is 0. The van der Waals surface area contributed by atoms with E-state index in [9.17, 15) is 4.39 Å². The third-order valence-corrected chi connectivity index (χ3v) is 5.83. The van der Waals surface area contributed by atoms with E-state index in [1.807, 2.05) is 24.3 Å². The van der Waals surface area contributed by atoms with Gasteiger partial charge in [-0.2, -0.15) is 0 Å². The molecule has 29 heavy (non-hydrogen) atoms. The molecule has 0 amide bonds. The average molecular weight is 398 g/mol. The van der Waals surface area contributed by atoms with Crippen LogP contribution in [0.3, 0.4) is 0 Å². The normalized spacial score (nSPS) is 10.7. The second kappa shape index (κ2) is 8.38. The number of rotatable bonds is 5. The Morgan fingerprint density at radius 1 is 0.655 bits per heavy atom. The van der Waals surface area contributed by atoms with Crippen LogP contribution in [-0.2, 0) is 0 Å². The summed E-state index contributed by atoms with van der Waals surface area (Å²) >= 11 is 1.58. The number of halogens is 1. The lowest BCUT2D eigenvalue weighted by molar-refractivity contribution is 0.628. The molecule has 0 aromatic heterocycles. The van der Waals surface area contributed by atoms with Gasteiger partial charge in [-0.25, -0.2) is 4.39 Å². The molecule has 142 valence electrons. The van der Waals surface area contributed by atoms with Gasteiger partial charge in [-0.15, -0.1) is 0 Å². The number of hydrogen-bond acceptors (Lipinski definition) is 2. The zero-order chi connectivity index (χ0) is 20.2. The number of nitrogen functional groups attached to an aromatic ring is 1. The molecule has 0 atom stereocenters. The molecule has 4 aromatic rings. The number of thioether (sulfide) groups is 1. The quantitative estimate of drug-likeness (QED) is 0.279. The highest BCUT2D eigenvalue weighted by Crippen LogP contribution is 2.36. The van der Waals surface area contributed by atoms with Crippen LogP contribution in [0, 0.1) is 5.82 Å². The SMILES string of the molecule is C=C(Sc1ccccc1N)c1ccc(-c2ccc(-c3ccc(F)cc3)cc2)cc1. The fourth-order valence-corrected chi connectivity index (χ4v) is 3.96. The Morgan fingerprint density at radius 3 is 1.62 bits per heavy atom. The first-order chi connectivity index (χ1) is 14.1. The highest BCUT2D eigenvalue weighted by atomic mass is 32.2. The molecule has 0 aliphatic carbocycles. The van der Waals surface area contributed by atoms with E-state index in [1.54, 1.807) is 23.9 Å². The van der Waals surface area contributed by atoms with Crippen molar-refractivity contribution in [2.24, 2.45) is 0 Å². The van der Waals surface area contributed by atoms with Crippen LogP contribution >= 0.6 is 11.8 Å². The van der Waals surface area contributed by atoms with E-state index in [2.05, 4.69) is 55.1 Å². The number of nitrogens with two attached hydrogens (primary N) is 1. The largest absolute Gasteiger partial charge is 0.398 e. The summed E-state index contributed by atoms with van der Waals surface area (Å²) in [5.41, 5.74) is 12.2. The lowest BCUT2D eigenvalue weighted by atomic mass is 9.99. The van der Waals surface area contributed by atoms with Gasteiger partial charge >= 0.3 is 0 Å². The van der Waals surface area contributed by atoms with Crippen LogP contribution < -0.4 is 5.73 Å². The van der Waals surface area contributed by atoms with Crippen molar-refractivity contribution in [2.75, 3.05) is 5.73 Å². The van der Waals surface area contributed by atoms with Crippen molar-refractivity contribution in [1.82, 2.24) is 0 Å². The van der Waals surface area contributed by atoms with Crippen molar-refractivity contribution in [2.45, 2.75) is 4.90 Å². The van der Waals surface area contributed by atoms with Gasteiger partial charge in [0.2, 0.25) is 0 Å². The second-order valence-electron chi connectivity index (χ2n) is 6.72. The van der Waals surface area contributed by atoms with Crippen molar-refractivity contribution in [3.05, 3.63) is 115 Å². The maximum absolute atomic E-state index is 13.1. The fraction of sp³-hybridized carbons (Fsp3) is 0. The first-order valence-corrected chi connectivity index (χ1v) is 10.1. The number of benzene rings is 4. The first kappa shape index (κ1) is 19.0. The second-order valence-corrected chi connectivity index (χ2v) is 7.86. The van der Waals surface area contributed by atoms with E-state index in [0.29, 0.717) is 0 Å². The van der Waals surface area contributed by atoms with Gasteiger partial charge < -0.3 is 5.73 Å². The fourth-order valence-electron chi connectivity index (χ4n) is 3.11. The number of para-hydroxylation sites is 1. The maximum atomic E-state index is 13.1. The minimum atomic E-state index is -0.222. The highest BCUT2D eigenvalue weighted by molar-refractivity contribution is 8.08. The summed E-state index contributed by atoms with van der Waals surface area (Å²) in [6, 6.07) is 31.0. The van der Waals surface area contributed by atoms with Crippen molar-refractivity contribution in [3.8, 4) is 22.3 Å². The van der Waals surface area contributed by atoms with Gasteiger partial charge in [0, 0.05) is 15.5 Å². The Morgan fingerprint density at radius 2 is 1.10 bits per heavy atom. The van der Waals surface area contributed by atoms with Crippen LogP contribution in [0.4, 0.5) is 10.1 Å². The van der Waals surface area contributed by atoms with Crippen molar-refractivity contribution in [3.63, 3.8) is 0 Å². The lowest BCUT2D eigenvalue weighted by Crippen LogP contribution is -1.88. The molecule has 0 bridgehead atoms. The van der Waals surface area contributed by atoms with Crippen LogP contribution in [0.15, 0.2) is 109 Å². The predicted molar refractivity (Wildman–Crippen MR) is 123 cm³/mol. The summed E-state index contributed by atoms with van der Waals surface area (Å²) in [4.78, 5) is 1.97. The molecular weight excluding hydrogens is 377 g/mol. The molecule has 0 heterocycles. The molecule has 4 aromatic carbocycles. The van der Waals surface area contributed by atoms with Gasteiger partial charge in [-0.1, -0.05) is 91.1 Å². The lowest BCUT2D eigenvalue weighted by Gasteiger charge is -2.09. The monoisotopic (exact) mass is 397 g/mol. The molecule has 1 nitrogen and oxygen atoms in total. The summed E-state index contributed by atoms with van der Waals surface area (Å²) in [6.45, 7) is 4.20. The molecule has 0 aliphatic heterocycles. The summed E-state index contributed by atoms with van der Waals surface area (Å²) < 4.78 is 13.1. The molecule has 0 saturated heterocycles. The topological polar surface area (TPSA) is 26.0 Å². The van der Waals surface area contributed by atoms with Gasteiger partial charge in [0.15, 0.2) is 0 Å². The van der Waals surface area contributed by atoms with Crippen molar-refractivity contribution in [1.29, 1.82) is 0 Å². The number of hydrogen-bond donors (Lipinski definition) is 1. The van der Waals surface area contributed by atoms with E-state index in [1.165, 1.54) is 12.1 Å². The van der Waals surface area contributed by atoms with Gasteiger partial charge in [0.25, 0.3) is 0 Å². The molecule has 0 saturated carbocycles. The molecular formula is C26H20FNS.